The van der Waals surface area contributed by atoms with Crippen LogP contribution in [0.1, 0.15) is 0 Å². The van der Waals surface area contributed by atoms with Crippen molar-refractivity contribution in [3.63, 3.8) is 0 Å². The Kier molecular flexibility index (Phi) is 4.00. The summed E-state index contributed by atoms with van der Waals surface area (Å²) in [6, 6.07) is 7.39. The fraction of sp³-hybridized carbons (Fsp3) is 0.100. The Bertz CT molecular complexity index is 486. The highest BCUT2D eigenvalue weighted by Gasteiger charge is 2.02. The predicted molar refractivity (Wildman–Crippen MR) is 66.3 cm³/mol. The molecular formula is C10H9ClN4OS. The zero-order valence-electron chi connectivity index (χ0n) is 8.68. The maximum absolute atomic E-state index is 11.1. The number of H-pyrrole nitrogens is 1. The van der Waals surface area contributed by atoms with Gasteiger partial charge in [0.1, 0.15) is 12.2 Å². The highest BCUT2D eigenvalue weighted by atomic mass is 35.5. The Morgan fingerprint density at radius 2 is 2.18 bits per heavy atom. The Morgan fingerprint density at radius 3 is 2.76 bits per heavy atom. The molecule has 2 rings (SSSR count). The van der Waals surface area contributed by atoms with Crippen LogP contribution < -0.4 is 5.32 Å². The lowest BCUT2D eigenvalue weighted by Gasteiger charge is -2.03. The second-order valence-electron chi connectivity index (χ2n) is 3.10. The van der Waals surface area contributed by atoms with Crippen LogP contribution in [0.2, 0.25) is 0 Å². The number of hydrogen-bond donors (Lipinski definition) is 2. The molecule has 1 heterocycles. The van der Waals surface area contributed by atoms with E-state index in [4.69, 9.17) is 11.6 Å². The molecule has 0 saturated heterocycles. The fourth-order valence-corrected chi connectivity index (χ4v) is 1.92. The van der Waals surface area contributed by atoms with Gasteiger partial charge in [0.05, 0.1) is 0 Å². The van der Waals surface area contributed by atoms with E-state index in [2.05, 4.69) is 20.5 Å². The number of aromatic amines is 1. The van der Waals surface area contributed by atoms with Crippen molar-refractivity contribution >= 4 is 35.0 Å². The zero-order valence-corrected chi connectivity index (χ0v) is 10.3. The molecule has 0 aliphatic carbocycles. The van der Waals surface area contributed by atoms with Crippen LogP contribution in [0.25, 0.3) is 0 Å². The molecule has 0 bridgehead atoms. The van der Waals surface area contributed by atoms with Gasteiger partial charge in [0, 0.05) is 10.6 Å². The highest BCUT2D eigenvalue weighted by molar-refractivity contribution is 7.99. The van der Waals surface area contributed by atoms with Crippen molar-refractivity contribution in [3.05, 3.63) is 30.6 Å². The summed E-state index contributed by atoms with van der Waals surface area (Å²) in [6.45, 7) is 0. The molecule has 0 unspecified atom stereocenters. The maximum Gasteiger partial charge on any atom is 0.239 e. The number of amides is 1. The van der Waals surface area contributed by atoms with Gasteiger partial charge in [-0.2, -0.15) is 5.10 Å². The van der Waals surface area contributed by atoms with E-state index in [1.807, 2.05) is 24.3 Å². The summed E-state index contributed by atoms with van der Waals surface area (Å²) >= 11 is 6.85. The molecule has 0 radical (unpaired) electrons. The van der Waals surface area contributed by atoms with E-state index in [1.165, 1.54) is 18.1 Å². The molecule has 0 spiro atoms. The lowest BCUT2D eigenvalue weighted by atomic mass is 10.3. The van der Waals surface area contributed by atoms with Gasteiger partial charge in [-0.15, -0.1) is 11.6 Å². The first-order chi connectivity index (χ1) is 8.28. The lowest BCUT2D eigenvalue weighted by molar-refractivity contribution is -0.113. The minimum atomic E-state index is -0.220. The summed E-state index contributed by atoms with van der Waals surface area (Å²) in [4.78, 5) is 16.1. The van der Waals surface area contributed by atoms with Crippen molar-refractivity contribution in [2.24, 2.45) is 0 Å². The molecule has 17 heavy (non-hydrogen) atoms. The predicted octanol–water partition coefficient (Wildman–Crippen LogP) is 2.13. The Balaban J connectivity index is 2.00. The standard InChI is InChI=1S/C10H9ClN4OS/c11-5-9(16)14-7-1-3-8(4-2-7)17-10-12-6-13-15-10/h1-4,6H,5H2,(H,14,16)(H,12,13,15). The van der Waals surface area contributed by atoms with E-state index in [9.17, 15) is 4.79 Å². The van der Waals surface area contributed by atoms with Crippen LogP contribution >= 0.6 is 23.4 Å². The zero-order chi connectivity index (χ0) is 12.1. The average Bonchev–Trinajstić information content (AvgIpc) is 2.84. The molecule has 1 amide bonds. The molecule has 1 aromatic carbocycles. The monoisotopic (exact) mass is 268 g/mol. The number of rotatable bonds is 4. The summed E-state index contributed by atoms with van der Waals surface area (Å²) in [7, 11) is 0. The minimum absolute atomic E-state index is 0.0471. The molecular weight excluding hydrogens is 260 g/mol. The van der Waals surface area contributed by atoms with E-state index < -0.39 is 0 Å². The average molecular weight is 269 g/mol. The molecule has 88 valence electrons. The van der Waals surface area contributed by atoms with Crippen LogP contribution in [0.4, 0.5) is 5.69 Å². The van der Waals surface area contributed by atoms with E-state index in [1.54, 1.807) is 0 Å². The Hall–Kier alpha value is -1.53. The second kappa shape index (κ2) is 5.70. The SMILES string of the molecule is O=C(CCl)Nc1ccc(Sc2ncn[nH]2)cc1. The molecule has 0 saturated carbocycles. The molecule has 0 aliphatic heterocycles. The van der Waals surface area contributed by atoms with Gasteiger partial charge in [0.15, 0.2) is 5.16 Å². The number of anilines is 1. The van der Waals surface area contributed by atoms with E-state index >= 15 is 0 Å². The fourth-order valence-electron chi connectivity index (χ4n) is 1.16. The number of nitrogens with one attached hydrogen (secondary N) is 2. The van der Waals surface area contributed by atoms with Crippen LogP contribution in [0.3, 0.4) is 0 Å². The number of hydrogen-bond acceptors (Lipinski definition) is 4. The van der Waals surface area contributed by atoms with Gasteiger partial charge in [0.25, 0.3) is 0 Å². The molecule has 0 aliphatic rings. The minimum Gasteiger partial charge on any atom is -0.325 e. The van der Waals surface area contributed by atoms with Crippen molar-refractivity contribution in [1.82, 2.24) is 15.2 Å². The van der Waals surface area contributed by atoms with Crippen LogP contribution in [0, 0.1) is 0 Å². The molecule has 7 heteroatoms. The highest BCUT2D eigenvalue weighted by Crippen LogP contribution is 2.25. The third-order valence-corrected chi connectivity index (χ3v) is 3.01. The molecule has 1 aromatic heterocycles. The number of nitrogens with zero attached hydrogens (tertiary/aromatic N) is 2. The van der Waals surface area contributed by atoms with Gasteiger partial charge >= 0.3 is 0 Å². The Morgan fingerprint density at radius 1 is 1.41 bits per heavy atom. The largest absolute Gasteiger partial charge is 0.325 e. The van der Waals surface area contributed by atoms with Crippen molar-refractivity contribution in [3.8, 4) is 0 Å². The van der Waals surface area contributed by atoms with Crippen molar-refractivity contribution in [2.75, 3.05) is 11.2 Å². The van der Waals surface area contributed by atoms with Gasteiger partial charge in [-0.25, -0.2) is 4.98 Å². The number of aromatic nitrogens is 3. The van der Waals surface area contributed by atoms with E-state index in [-0.39, 0.29) is 11.8 Å². The quantitative estimate of drug-likeness (QED) is 0.834. The van der Waals surface area contributed by atoms with Gasteiger partial charge in [-0.1, -0.05) is 11.8 Å². The number of alkyl halides is 1. The molecule has 5 nitrogen and oxygen atoms in total. The number of benzene rings is 1. The van der Waals surface area contributed by atoms with Crippen LogP contribution in [0.15, 0.2) is 40.6 Å². The molecule has 0 atom stereocenters. The third kappa shape index (κ3) is 3.47. The van der Waals surface area contributed by atoms with E-state index in [0.29, 0.717) is 0 Å². The maximum atomic E-state index is 11.1. The number of halogens is 1. The number of carbonyl (C=O) groups excluding carboxylic acids is 1. The summed E-state index contributed by atoms with van der Waals surface area (Å²) < 4.78 is 0. The van der Waals surface area contributed by atoms with Crippen molar-refractivity contribution in [2.45, 2.75) is 10.1 Å². The van der Waals surface area contributed by atoms with E-state index in [0.717, 1.165) is 15.7 Å². The Labute approximate surface area is 107 Å². The number of carbonyl (C=O) groups is 1. The normalized spacial score (nSPS) is 10.2. The van der Waals surface area contributed by atoms with Gasteiger partial charge in [-0.05, 0) is 24.3 Å². The lowest BCUT2D eigenvalue weighted by Crippen LogP contribution is -2.12. The van der Waals surface area contributed by atoms with Crippen molar-refractivity contribution in [1.29, 1.82) is 0 Å². The summed E-state index contributed by atoms with van der Waals surface area (Å²) in [5.74, 6) is -0.267. The topological polar surface area (TPSA) is 70.7 Å². The first-order valence-electron chi connectivity index (χ1n) is 4.77. The summed E-state index contributed by atoms with van der Waals surface area (Å²) in [5.41, 5.74) is 0.720. The molecule has 2 aromatic rings. The van der Waals surface area contributed by atoms with Crippen LogP contribution in [0.5, 0.6) is 0 Å². The summed E-state index contributed by atoms with van der Waals surface area (Å²) in [5, 5.41) is 9.90. The second-order valence-corrected chi connectivity index (χ2v) is 4.43. The first-order valence-corrected chi connectivity index (χ1v) is 6.12. The van der Waals surface area contributed by atoms with Crippen LogP contribution in [-0.4, -0.2) is 27.0 Å². The van der Waals surface area contributed by atoms with Gasteiger partial charge in [0.2, 0.25) is 5.91 Å². The van der Waals surface area contributed by atoms with Crippen LogP contribution in [-0.2, 0) is 4.79 Å². The first kappa shape index (κ1) is 11.9. The third-order valence-electron chi connectivity index (χ3n) is 1.87. The molecule has 0 fully saturated rings. The van der Waals surface area contributed by atoms with Gasteiger partial charge < -0.3 is 5.32 Å². The molecule has 2 N–H and O–H groups in total. The van der Waals surface area contributed by atoms with Crippen molar-refractivity contribution < 1.29 is 4.79 Å². The van der Waals surface area contributed by atoms with Gasteiger partial charge in [-0.3, -0.25) is 9.89 Å². The smallest absolute Gasteiger partial charge is 0.239 e. The summed E-state index contributed by atoms with van der Waals surface area (Å²) in [6.07, 6.45) is 1.46.